The Labute approximate surface area is 135 Å². The van der Waals surface area contributed by atoms with Gasteiger partial charge in [-0.05, 0) is 66.8 Å². The summed E-state index contributed by atoms with van der Waals surface area (Å²) in [5.41, 5.74) is 3.73. The van der Waals surface area contributed by atoms with Crippen molar-refractivity contribution in [2.75, 3.05) is 12.4 Å². The van der Waals surface area contributed by atoms with Gasteiger partial charge in [-0.2, -0.15) is 0 Å². The Morgan fingerprint density at radius 3 is 2.57 bits per heavy atom. The molecule has 0 spiro atoms. The third-order valence-electron chi connectivity index (χ3n) is 3.88. The van der Waals surface area contributed by atoms with Crippen LogP contribution in [0.15, 0.2) is 42.5 Å². The third kappa shape index (κ3) is 3.70. The normalized spacial score (nSPS) is 16.5. The number of fused-ring (bicyclic) bond motifs is 1. The average Bonchev–Trinajstić information content (AvgIpc) is 2.48. The van der Waals surface area contributed by atoms with Gasteiger partial charge in [-0.25, -0.2) is 0 Å². The second kappa shape index (κ2) is 6.85. The monoisotopic (exact) mass is 349 g/mol. The zero-order chi connectivity index (χ0) is 13.9. The Morgan fingerprint density at radius 2 is 1.86 bits per heavy atom. The van der Waals surface area contributed by atoms with E-state index in [1.165, 1.54) is 11.1 Å². The maximum atomic E-state index is 9.51. The number of nitrogens with one attached hydrogen (secondary N) is 1. The minimum Gasteiger partial charge on any atom is -0.508 e. The first kappa shape index (κ1) is 15.7. The van der Waals surface area contributed by atoms with Crippen LogP contribution in [0.5, 0.6) is 11.5 Å². The number of hydrogen-bond acceptors (Lipinski definition) is 3. The number of benzene rings is 2. The van der Waals surface area contributed by atoms with Gasteiger partial charge in [-0.1, -0.05) is 6.07 Å². The van der Waals surface area contributed by atoms with Crippen LogP contribution in [0.3, 0.4) is 0 Å². The highest BCUT2D eigenvalue weighted by atomic mass is 79.9. The number of ether oxygens (including phenoxy) is 1. The molecule has 3 nitrogen and oxygen atoms in total. The molecular weight excluding hydrogens is 330 g/mol. The molecule has 112 valence electrons. The predicted molar refractivity (Wildman–Crippen MR) is 90.9 cm³/mol. The molecule has 3 rings (SSSR count). The molecule has 0 aliphatic heterocycles. The lowest BCUT2D eigenvalue weighted by Crippen LogP contribution is -2.27. The predicted octanol–water partition coefficient (Wildman–Crippen LogP) is 3.95. The summed E-state index contributed by atoms with van der Waals surface area (Å²) in [7, 11) is 1.68. The zero-order valence-electron chi connectivity index (χ0n) is 12.0. The molecule has 1 unspecified atom stereocenters. The Balaban J connectivity index is 0.00000161. The lowest BCUT2D eigenvalue weighted by Gasteiger charge is -2.26. The first-order chi connectivity index (χ1) is 9.74. The van der Waals surface area contributed by atoms with Gasteiger partial charge in [0.1, 0.15) is 11.5 Å². The molecule has 0 bridgehead atoms. The summed E-state index contributed by atoms with van der Waals surface area (Å²) in [6.07, 6.45) is 3.10. The van der Waals surface area contributed by atoms with Crippen molar-refractivity contribution < 1.29 is 9.84 Å². The van der Waals surface area contributed by atoms with Gasteiger partial charge in [0.25, 0.3) is 0 Å². The fourth-order valence-electron chi connectivity index (χ4n) is 2.79. The fraction of sp³-hybridized carbons (Fsp3) is 0.294. The number of phenolic OH excluding ortho intramolecular Hbond substituents is 1. The maximum absolute atomic E-state index is 9.51. The van der Waals surface area contributed by atoms with Gasteiger partial charge < -0.3 is 15.2 Å². The van der Waals surface area contributed by atoms with E-state index in [0.717, 1.165) is 30.7 Å². The van der Waals surface area contributed by atoms with E-state index >= 15 is 0 Å². The molecule has 2 N–H and O–H groups in total. The highest BCUT2D eigenvalue weighted by Gasteiger charge is 2.18. The van der Waals surface area contributed by atoms with Gasteiger partial charge in [-0.15, -0.1) is 17.0 Å². The smallest absolute Gasteiger partial charge is 0.119 e. The van der Waals surface area contributed by atoms with Crippen LogP contribution in [0.1, 0.15) is 17.5 Å². The molecule has 0 aromatic heterocycles. The molecule has 0 radical (unpaired) electrons. The number of methoxy groups -OCH3 is 1. The van der Waals surface area contributed by atoms with E-state index in [-0.39, 0.29) is 17.0 Å². The number of aryl methyl sites for hydroxylation is 1. The Bertz CT molecular complexity index is 598. The molecule has 2 aromatic rings. The highest BCUT2D eigenvalue weighted by Crippen LogP contribution is 2.27. The van der Waals surface area contributed by atoms with E-state index in [2.05, 4.69) is 5.32 Å². The van der Waals surface area contributed by atoms with Crippen LogP contribution in [-0.4, -0.2) is 18.3 Å². The van der Waals surface area contributed by atoms with Crippen molar-refractivity contribution in [3.05, 3.63) is 53.6 Å². The van der Waals surface area contributed by atoms with E-state index < -0.39 is 0 Å². The van der Waals surface area contributed by atoms with E-state index in [4.69, 9.17) is 4.74 Å². The topological polar surface area (TPSA) is 41.5 Å². The molecule has 0 heterocycles. The van der Waals surface area contributed by atoms with Crippen molar-refractivity contribution in [3.63, 3.8) is 0 Å². The van der Waals surface area contributed by atoms with Crippen molar-refractivity contribution in [1.82, 2.24) is 0 Å². The van der Waals surface area contributed by atoms with Gasteiger partial charge in [0.05, 0.1) is 7.11 Å². The van der Waals surface area contributed by atoms with E-state index in [1.807, 2.05) is 36.4 Å². The minimum atomic E-state index is 0. The van der Waals surface area contributed by atoms with Gasteiger partial charge in [-0.3, -0.25) is 0 Å². The molecule has 1 atom stereocenters. The quantitative estimate of drug-likeness (QED) is 0.881. The average molecular weight is 350 g/mol. The minimum absolute atomic E-state index is 0. The molecule has 0 fully saturated rings. The number of phenols is 1. The molecular formula is C17H20BrNO2. The van der Waals surface area contributed by atoms with Crippen LogP contribution in [0, 0.1) is 0 Å². The number of aromatic hydroxyl groups is 1. The van der Waals surface area contributed by atoms with E-state index in [0.29, 0.717) is 11.8 Å². The third-order valence-corrected chi connectivity index (χ3v) is 3.88. The molecule has 2 aromatic carbocycles. The van der Waals surface area contributed by atoms with Crippen LogP contribution >= 0.6 is 17.0 Å². The van der Waals surface area contributed by atoms with Crippen LogP contribution in [0.2, 0.25) is 0 Å². The van der Waals surface area contributed by atoms with Crippen LogP contribution in [-0.2, 0) is 12.8 Å². The highest BCUT2D eigenvalue weighted by molar-refractivity contribution is 8.93. The number of rotatable bonds is 3. The molecule has 1 aliphatic carbocycles. The lowest BCUT2D eigenvalue weighted by molar-refractivity contribution is 0.415. The second-order valence-corrected chi connectivity index (χ2v) is 5.27. The summed E-state index contributed by atoms with van der Waals surface area (Å²) in [5, 5.41) is 13.1. The van der Waals surface area contributed by atoms with Crippen molar-refractivity contribution in [3.8, 4) is 11.5 Å². The molecule has 21 heavy (non-hydrogen) atoms. The van der Waals surface area contributed by atoms with Gasteiger partial charge in [0, 0.05) is 11.7 Å². The van der Waals surface area contributed by atoms with Gasteiger partial charge >= 0.3 is 0 Å². The van der Waals surface area contributed by atoms with E-state index in [9.17, 15) is 5.11 Å². The number of anilines is 1. The second-order valence-electron chi connectivity index (χ2n) is 5.27. The largest absolute Gasteiger partial charge is 0.508 e. The first-order valence-corrected chi connectivity index (χ1v) is 6.96. The molecule has 0 amide bonds. The van der Waals surface area contributed by atoms with Crippen LogP contribution in [0.4, 0.5) is 5.69 Å². The Kier molecular flexibility index (Phi) is 5.12. The summed E-state index contributed by atoms with van der Waals surface area (Å²) >= 11 is 0. The Hall–Kier alpha value is -1.68. The standard InChI is InChI=1S/C17H19NO2.BrH/c1-20-17-8-5-14(6-9-17)18-15-4-2-13-11-16(19)7-3-12(13)10-15;/h3,5-9,11,15,18-19H,2,4,10H2,1H3;1H. The molecule has 0 saturated carbocycles. The van der Waals surface area contributed by atoms with Crippen molar-refractivity contribution >= 4 is 22.7 Å². The molecule has 0 saturated heterocycles. The van der Waals surface area contributed by atoms with Gasteiger partial charge in [0.2, 0.25) is 0 Å². The summed E-state index contributed by atoms with van der Waals surface area (Å²) in [6.45, 7) is 0. The Morgan fingerprint density at radius 1 is 1.10 bits per heavy atom. The zero-order valence-corrected chi connectivity index (χ0v) is 13.7. The summed E-state index contributed by atoms with van der Waals surface area (Å²) in [5.74, 6) is 1.24. The van der Waals surface area contributed by atoms with Crippen molar-refractivity contribution in [2.45, 2.75) is 25.3 Å². The fourth-order valence-corrected chi connectivity index (χ4v) is 2.79. The SMILES string of the molecule is Br.COc1ccc(NC2CCc3cc(O)ccc3C2)cc1. The summed E-state index contributed by atoms with van der Waals surface area (Å²) < 4.78 is 5.17. The molecule has 4 heteroatoms. The molecule has 1 aliphatic rings. The van der Waals surface area contributed by atoms with Crippen molar-refractivity contribution in [2.24, 2.45) is 0 Å². The first-order valence-electron chi connectivity index (χ1n) is 6.96. The summed E-state index contributed by atoms with van der Waals surface area (Å²) in [6, 6.07) is 14.2. The summed E-state index contributed by atoms with van der Waals surface area (Å²) in [4.78, 5) is 0. The van der Waals surface area contributed by atoms with E-state index in [1.54, 1.807) is 13.2 Å². The van der Waals surface area contributed by atoms with Crippen molar-refractivity contribution in [1.29, 1.82) is 0 Å². The van der Waals surface area contributed by atoms with Crippen LogP contribution < -0.4 is 10.1 Å². The van der Waals surface area contributed by atoms with Gasteiger partial charge in [0.15, 0.2) is 0 Å². The van der Waals surface area contributed by atoms with Crippen LogP contribution in [0.25, 0.3) is 0 Å². The lowest BCUT2D eigenvalue weighted by atomic mass is 9.88. The maximum Gasteiger partial charge on any atom is 0.119 e. The number of hydrogen-bond donors (Lipinski definition) is 2. The number of halogens is 1.